The van der Waals surface area contributed by atoms with Gasteiger partial charge >= 0.3 is 23.3 Å². The molecule has 7 rings (SSSR count). The summed E-state index contributed by atoms with van der Waals surface area (Å²) in [5.41, 5.74) is 7.17. The van der Waals surface area contributed by atoms with Crippen molar-refractivity contribution in [2.45, 2.75) is 106 Å². The maximum absolute atomic E-state index is 12.4. The highest BCUT2D eigenvalue weighted by atomic mass is 16.6. The summed E-state index contributed by atoms with van der Waals surface area (Å²) in [5, 5.41) is 42.9. The van der Waals surface area contributed by atoms with Gasteiger partial charge < -0.3 is 20.1 Å². The zero-order valence-electron chi connectivity index (χ0n) is 42.8. The summed E-state index contributed by atoms with van der Waals surface area (Å²) in [5.74, 6) is -1.07. The highest BCUT2D eigenvalue weighted by Crippen LogP contribution is 2.28. The Morgan fingerprint density at radius 3 is 1.59 bits per heavy atom. The molecule has 22 heteroatoms. The number of nitrogens with one attached hydrogen (secondary N) is 2. The monoisotopic (exact) mass is 1080 g/mol. The SMILES string of the molecule is C.C.CCOC(=O)C(/C=C/c1ccc(NC(=O)CCCCCCc2ccc([N+](=O)[O-])c3nonc23)cc1)=C/C=O.CCOC(=O)c1cc[n+](C)c(-c2ccc(NC(=O)CCCCCCc3ccc([N+](=O)[O-])c4nonc34)cc2)c1. The lowest BCUT2D eigenvalue weighted by Crippen LogP contribution is -2.31. The number of amides is 2. The van der Waals surface area contributed by atoms with Gasteiger partial charge in [0.15, 0.2) is 6.20 Å². The van der Waals surface area contributed by atoms with Gasteiger partial charge in [0, 0.05) is 54.0 Å². The van der Waals surface area contributed by atoms with E-state index in [1.54, 1.807) is 68.5 Å². The Bertz CT molecular complexity index is 3260. The number of benzene rings is 4. The molecule has 0 atom stereocenters. The number of aromatic nitrogens is 5. The van der Waals surface area contributed by atoms with Crippen molar-refractivity contribution in [1.29, 1.82) is 0 Å². The molecule has 0 aliphatic rings. The van der Waals surface area contributed by atoms with Gasteiger partial charge in [0.2, 0.25) is 28.5 Å². The number of unbranched alkanes of at least 4 members (excludes halogenated alkanes) is 6. The third kappa shape index (κ3) is 18.1. The van der Waals surface area contributed by atoms with Crippen LogP contribution in [0.5, 0.6) is 0 Å². The van der Waals surface area contributed by atoms with Crippen LogP contribution in [0.1, 0.15) is 120 Å². The first-order valence-electron chi connectivity index (χ1n) is 25.0. The van der Waals surface area contributed by atoms with E-state index in [4.69, 9.17) is 14.1 Å². The first-order chi connectivity index (χ1) is 37.3. The number of hydrogen-bond acceptors (Lipinski definition) is 17. The average Bonchev–Trinajstić information content (AvgIpc) is 4.17. The lowest BCUT2D eigenvalue weighted by atomic mass is 10.0. The van der Waals surface area contributed by atoms with Crippen molar-refractivity contribution in [3.63, 3.8) is 0 Å². The molecule has 416 valence electrons. The van der Waals surface area contributed by atoms with Crippen LogP contribution >= 0.6 is 0 Å². The molecule has 0 aliphatic heterocycles. The molecule has 0 aliphatic carbocycles. The quantitative estimate of drug-likeness (QED) is 0.00744. The number of fused-ring (bicyclic) bond motifs is 2. The van der Waals surface area contributed by atoms with E-state index in [0.29, 0.717) is 66.5 Å². The number of esters is 2. The summed E-state index contributed by atoms with van der Waals surface area (Å²) < 4.78 is 21.3. The first-order valence-corrected chi connectivity index (χ1v) is 25.0. The molecule has 3 aromatic heterocycles. The molecule has 0 saturated carbocycles. The minimum absolute atomic E-state index is 0. The molecule has 0 fully saturated rings. The summed E-state index contributed by atoms with van der Waals surface area (Å²) in [6.45, 7) is 3.99. The molecule has 79 heavy (non-hydrogen) atoms. The fraction of sp³-hybridized carbons (Fsp3) is 0.333. The molecule has 7 aromatic rings. The van der Waals surface area contributed by atoms with Crippen molar-refractivity contribution in [3.8, 4) is 11.3 Å². The predicted molar refractivity (Wildman–Crippen MR) is 296 cm³/mol. The molecule has 0 saturated heterocycles. The number of allylic oxidation sites excluding steroid dienone is 1. The number of carbonyl (C=O) groups excluding carboxylic acids is 5. The van der Waals surface area contributed by atoms with Crippen molar-refractivity contribution >= 4 is 80.9 Å². The van der Waals surface area contributed by atoms with E-state index in [-0.39, 0.29) is 67.2 Å². The zero-order valence-corrected chi connectivity index (χ0v) is 42.8. The summed E-state index contributed by atoms with van der Waals surface area (Å²) in [7, 11) is 1.90. The number of rotatable bonds is 26. The van der Waals surface area contributed by atoms with Crippen molar-refractivity contribution < 1.29 is 57.1 Å². The van der Waals surface area contributed by atoms with Crippen LogP contribution in [0.4, 0.5) is 22.7 Å². The fourth-order valence-electron chi connectivity index (χ4n) is 8.13. The maximum atomic E-state index is 12.4. The number of aldehydes is 1. The summed E-state index contributed by atoms with van der Waals surface area (Å²) in [6, 6.07) is 24.3. The normalized spacial score (nSPS) is 10.9. The Kier molecular flexibility index (Phi) is 24.9. The van der Waals surface area contributed by atoms with E-state index in [0.717, 1.165) is 85.4 Å². The molecule has 0 radical (unpaired) electrons. The van der Waals surface area contributed by atoms with Crippen molar-refractivity contribution in [2.75, 3.05) is 23.8 Å². The van der Waals surface area contributed by atoms with E-state index in [1.807, 2.05) is 42.1 Å². The largest absolute Gasteiger partial charge is 0.462 e. The minimum atomic E-state index is -0.573. The molecule has 0 unspecified atom stereocenters. The average molecular weight is 1090 g/mol. The van der Waals surface area contributed by atoms with Crippen LogP contribution in [0.3, 0.4) is 0 Å². The van der Waals surface area contributed by atoms with Gasteiger partial charge in [-0.1, -0.05) is 58.7 Å². The molecular weight excluding hydrogens is 1020 g/mol. The summed E-state index contributed by atoms with van der Waals surface area (Å²) >= 11 is 0. The third-order valence-corrected chi connectivity index (χ3v) is 12.1. The van der Waals surface area contributed by atoms with Crippen molar-refractivity contribution in [2.24, 2.45) is 7.05 Å². The zero-order chi connectivity index (χ0) is 55.1. The standard InChI is InChI=1S/C28H29N5O6.C27H28N4O7.2CH4/c1-3-38-28(35)21-16-17-32(2)24(18-21)19-10-13-22(14-11-19)29-25(34)9-7-5-4-6-8-20-12-15-23(33(36)37)27-26(20)30-39-31-27;1-2-37-27(34)21(17-18-32)12-9-19-10-14-22(15-11-19)28-24(33)8-6-4-3-5-7-20-13-16-23(31(35)36)26-25(20)29-38-30-26;;/h10-18H,3-9H2,1-2H3;9-18H,2-8H2,1H3,(H,28,33);2*1H4/p+1/b;12-9+,21-17+;;. The van der Waals surface area contributed by atoms with Gasteiger partial charge in [0.1, 0.15) is 24.4 Å². The molecule has 4 aromatic carbocycles. The van der Waals surface area contributed by atoms with Gasteiger partial charge in [-0.3, -0.25) is 34.6 Å². The molecule has 2 N–H and O–H groups in total. The topological polar surface area (TPSA) is 296 Å². The molecule has 0 spiro atoms. The smallest absolute Gasteiger partial charge is 0.338 e. The number of aryl methyl sites for hydroxylation is 3. The lowest BCUT2D eigenvalue weighted by molar-refractivity contribution is -0.660. The van der Waals surface area contributed by atoms with Gasteiger partial charge in [-0.2, -0.15) is 0 Å². The van der Waals surface area contributed by atoms with E-state index >= 15 is 0 Å². The molecule has 3 heterocycles. The summed E-state index contributed by atoms with van der Waals surface area (Å²) in [4.78, 5) is 80.5. The van der Waals surface area contributed by atoms with Crippen LogP contribution in [-0.4, -0.2) is 73.7 Å². The van der Waals surface area contributed by atoms with E-state index in [9.17, 15) is 44.2 Å². The Morgan fingerprint density at radius 1 is 0.633 bits per heavy atom. The van der Waals surface area contributed by atoms with Gasteiger partial charge in [-0.25, -0.2) is 23.4 Å². The summed E-state index contributed by atoms with van der Waals surface area (Å²) in [6.07, 6.45) is 15.6. The van der Waals surface area contributed by atoms with Gasteiger partial charge in [0.25, 0.3) is 0 Å². The maximum Gasteiger partial charge on any atom is 0.338 e. The second-order valence-electron chi connectivity index (χ2n) is 17.5. The Balaban J connectivity index is 0.000000332. The number of ether oxygens (including phenoxy) is 2. The van der Waals surface area contributed by atoms with Crippen LogP contribution in [0.15, 0.2) is 118 Å². The number of pyridine rings is 1. The highest BCUT2D eigenvalue weighted by molar-refractivity contribution is 5.97. The highest BCUT2D eigenvalue weighted by Gasteiger charge is 2.21. The number of anilines is 2. The Labute approximate surface area is 456 Å². The van der Waals surface area contributed by atoms with Crippen LogP contribution in [-0.2, 0) is 48.5 Å². The Hall–Kier alpha value is -9.34. The lowest BCUT2D eigenvalue weighted by Gasteiger charge is -2.07. The number of nitrogens with zero attached hydrogens (tertiary/aromatic N) is 7. The van der Waals surface area contributed by atoms with Crippen LogP contribution < -0.4 is 15.2 Å². The van der Waals surface area contributed by atoms with E-state index in [1.165, 1.54) is 18.2 Å². The Morgan fingerprint density at radius 2 is 1.11 bits per heavy atom. The van der Waals surface area contributed by atoms with Crippen LogP contribution in [0.2, 0.25) is 0 Å². The minimum Gasteiger partial charge on any atom is -0.462 e. The van der Waals surface area contributed by atoms with E-state index < -0.39 is 15.8 Å². The number of carbonyl (C=O) groups is 5. The first kappa shape index (κ1) is 62.2. The number of nitro groups is 2. The van der Waals surface area contributed by atoms with Gasteiger partial charge in [0.05, 0.1) is 34.2 Å². The fourth-order valence-corrected chi connectivity index (χ4v) is 8.13. The second kappa shape index (κ2) is 31.6. The van der Waals surface area contributed by atoms with Gasteiger partial charge in [-0.15, -0.1) is 0 Å². The molecule has 2 amide bonds. The number of nitro benzene ring substituents is 2. The van der Waals surface area contributed by atoms with Crippen molar-refractivity contribution in [3.05, 3.63) is 151 Å². The third-order valence-electron chi connectivity index (χ3n) is 12.1. The number of non-ortho nitro benzene ring substituents is 2. The van der Waals surface area contributed by atoms with Gasteiger partial charge in [-0.05, 0) is 150 Å². The van der Waals surface area contributed by atoms with Crippen molar-refractivity contribution in [1.82, 2.24) is 20.6 Å². The number of hydrogen-bond donors (Lipinski definition) is 2. The second-order valence-corrected chi connectivity index (χ2v) is 17.5. The predicted octanol–water partition coefficient (Wildman–Crippen LogP) is 11.2. The van der Waals surface area contributed by atoms with Crippen LogP contribution in [0, 0.1) is 20.2 Å². The van der Waals surface area contributed by atoms with Crippen LogP contribution in [0.25, 0.3) is 39.4 Å². The molecular formula is C57H66N9O13+. The molecule has 22 nitrogen and oxygen atoms in total. The van der Waals surface area contributed by atoms with E-state index in [2.05, 4.69) is 35.9 Å². The molecule has 0 bridgehead atoms.